The summed E-state index contributed by atoms with van der Waals surface area (Å²) in [4.78, 5) is 0. The lowest BCUT2D eigenvalue weighted by Gasteiger charge is -2.18. The van der Waals surface area contributed by atoms with Crippen LogP contribution in [0.1, 0.15) is 29.0 Å². The quantitative estimate of drug-likeness (QED) is 0.812. The zero-order valence-electron chi connectivity index (χ0n) is 9.02. The number of rotatable bonds is 2. The van der Waals surface area contributed by atoms with Crippen molar-refractivity contribution in [2.75, 3.05) is 0 Å². The van der Waals surface area contributed by atoms with Crippen molar-refractivity contribution in [3.8, 4) is 18.4 Å². The van der Waals surface area contributed by atoms with E-state index in [1.54, 1.807) is 12.1 Å². The number of aliphatic hydroxyl groups is 1. The number of terminal acetylenes is 1. The van der Waals surface area contributed by atoms with Crippen molar-refractivity contribution in [2.24, 2.45) is 0 Å². The van der Waals surface area contributed by atoms with Crippen LogP contribution >= 0.6 is 11.6 Å². The van der Waals surface area contributed by atoms with Crippen molar-refractivity contribution < 1.29 is 5.11 Å². The zero-order valence-corrected chi connectivity index (χ0v) is 9.78. The Kier molecular flexibility index (Phi) is 3.20. The van der Waals surface area contributed by atoms with Crippen LogP contribution in [-0.4, -0.2) is 11.2 Å². The Balaban J connectivity index is 2.43. The summed E-state index contributed by atoms with van der Waals surface area (Å²) in [5, 5.41) is 19.4. The monoisotopic (exact) mass is 243 g/mol. The highest BCUT2D eigenvalue weighted by molar-refractivity contribution is 6.33. The maximum Gasteiger partial charge on any atom is 0.0991 e. The van der Waals surface area contributed by atoms with E-state index in [1.807, 2.05) is 12.1 Å². The molecular weight excluding hydrogens is 234 g/mol. The van der Waals surface area contributed by atoms with Gasteiger partial charge in [0.2, 0.25) is 0 Å². The molecule has 3 heteroatoms. The van der Waals surface area contributed by atoms with Gasteiger partial charge in [0.1, 0.15) is 0 Å². The highest BCUT2D eigenvalue weighted by Crippen LogP contribution is 2.41. The fourth-order valence-electron chi connectivity index (χ4n) is 2.06. The molecule has 2 nitrogen and oxygen atoms in total. The fourth-order valence-corrected chi connectivity index (χ4v) is 2.44. The Morgan fingerprint density at radius 1 is 1.53 bits per heavy atom. The molecule has 1 aliphatic rings. The topological polar surface area (TPSA) is 44.0 Å². The minimum Gasteiger partial charge on any atom is -0.391 e. The third kappa shape index (κ3) is 2.06. The highest BCUT2D eigenvalue weighted by Gasteiger charge is 2.30. The molecule has 1 N–H and O–H groups in total. The van der Waals surface area contributed by atoms with Gasteiger partial charge in [0.15, 0.2) is 0 Å². The van der Waals surface area contributed by atoms with E-state index in [1.165, 1.54) is 0 Å². The Morgan fingerprint density at radius 3 is 2.94 bits per heavy atom. The normalized spacial score (nSPS) is 18.8. The minimum absolute atomic E-state index is 0.241. The average Bonchev–Trinajstić information content (AvgIpc) is 2.64. The molecular formula is C14H10ClNO. The maximum absolute atomic E-state index is 9.98. The second-order valence-electron chi connectivity index (χ2n) is 3.94. The van der Waals surface area contributed by atoms with Crippen LogP contribution in [0.2, 0.25) is 0 Å². The van der Waals surface area contributed by atoms with Gasteiger partial charge in [0, 0.05) is 17.4 Å². The third-order valence-corrected chi connectivity index (χ3v) is 3.20. The summed E-state index contributed by atoms with van der Waals surface area (Å²) in [5.74, 6) is 2.11. The van der Waals surface area contributed by atoms with Gasteiger partial charge in [-0.3, -0.25) is 0 Å². The fraction of sp³-hybridized carbons (Fsp3) is 0.214. The molecule has 1 aromatic rings. The first-order chi connectivity index (χ1) is 8.17. The molecule has 0 saturated carbocycles. The summed E-state index contributed by atoms with van der Waals surface area (Å²) >= 11 is 6.12. The highest BCUT2D eigenvalue weighted by atomic mass is 35.5. The molecule has 0 bridgehead atoms. The van der Waals surface area contributed by atoms with Crippen LogP contribution in [-0.2, 0) is 0 Å². The number of hydrogen-bond acceptors (Lipinski definition) is 2. The number of fused-ring (bicyclic) bond motifs is 1. The molecule has 0 fully saturated rings. The standard InChI is InChI=1S/C14H10ClNO/c1-2-3-13(17)14-11-6-9(8-16)4-5-10(11)7-12(14)15/h1,4-7,13-14,17H,3H2. The number of nitriles is 1. The zero-order chi connectivity index (χ0) is 12.4. The van der Waals surface area contributed by atoms with Crippen LogP contribution in [0.15, 0.2) is 23.2 Å². The first kappa shape index (κ1) is 11.7. The van der Waals surface area contributed by atoms with Crippen molar-refractivity contribution in [3.63, 3.8) is 0 Å². The van der Waals surface area contributed by atoms with Crippen LogP contribution in [0.3, 0.4) is 0 Å². The van der Waals surface area contributed by atoms with Gasteiger partial charge >= 0.3 is 0 Å². The van der Waals surface area contributed by atoms with E-state index in [0.717, 1.165) is 11.1 Å². The molecule has 0 spiro atoms. The molecule has 2 rings (SSSR count). The lowest BCUT2D eigenvalue weighted by atomic mass is 9.92. The summed E-state index contributed by atoms with van der Waals surface area (Å²) in [6, 6.07) is 7.39. The van der Waals surface area contributed by atoms with Crippen molar-refractivity contribution in [1.29, 1.82) is 5.26 Å². The van der Waals surface area contributed by atoms with Crippen LogP contribution in [0.4, 0.5) is 0 Å². The van der Waals surface area contributed by atoms with E-state index in [2.05, 4.69) is 12.0 Å². The molecule has 1 aromatic carbocycles. The molecule has 0 heterocycles. The molecule has 0 amide bonds. The summed E-state index contributed by atoms with van der Waals surface area (Å²) in [6.45, 7) is 0. The average molecular weight is 244 g/mol. The Bertz CT molecular complexity index is 563. The van der Waals surface area contributed by atoms with Gasteiger partial charge < -0.3 is 5.11 Å². The molecule has 84 valence electrons. The van der Waals surface area contributed by atoms with E-state index < -0.39 is 6.10 Å². The van der Waals surface area contributed by atoms with Gasteiger partial charge in [-0.05, 0) is 29.3 Å². The second-order valence-corrected chi connectivity index (χ2v) is 4.37. The van der Waals surface area contributed by atoms with Gasteiger partial charge in [0.05, 0.1) is 17.7 Å². The lowest BCUT2D eigenvalue weighted by molar-refractivity contribution is 0.164. The predicted molar refractivity (Wildman–Crippen MR) is 67.2 cm³/mol. The minimum atomic E-state index is -0.709. The van der Waals surface area contributed by atoms with Gasteiger partial charge in [-0.25, -0.2) is 0 Å². The Labute approximate surface area is 105 Å². The molecule has 2 atom stereocenters. The predicted octanol–water partition coefficient (Wildman–Crippen LogP) is 2.62. The first-order valence-electron chi connectivity index (χ1n) is 5.20. The first-order valence-corrected chi connectivity index (χ1v) is 5.58. The van der Waals surface area contributed by atoms with E-state index in [9.17, 15) is 5.11 Å². The Hall–Kier alpha value is -1.74. The van der Waals surface area contributed by atoms with Gasteiger partial charge in [0.25, 0.3) is 0 Å². The van der Waals surface area contributed by atoms with E-state index in [-0.39, 0.29) is 12.3 Å². The molecule has 0 saturated heterocycles. The largest absolute Gasteiger partial charge is 0.391 e. The van der Waals surface area contributed by atoms with Crippen LogP contribution in [0, 0.1) is 23.7 Å². The lowest BCUT2D eigenvalue weighted by Crippen LogP contribution is -2.16. The number of hydrogen-bond donors (Lipinski definition) is 1. The number of benzene rings is 1. The molecule has 0 aliphatic heterocycles. The molecule has 1 aliphatic carbocycles. The second kappa shape index (κ2) is 4.63. The van der Waals surface area contributed by atoms with Crippen molar-refractivity contribution in [3.05, 3.63) is 39.9 Å². The van der Waals surface area contributed by atoms with Gasteiger partial charge in [-0.2, -0.15) is 5.26 Å². The number of aliphatic hydroxyl groups excluding tert-OH is 1. The van der Waals surface area contributed by atoms with Crippen LogP contribution in [0.5, 0.6) is 0 Å². The third-order valence-electron chi connectivity index (χ3n) is 2.85. The summed E-state index contributed by atoms with van der Waals surface area (Å²) in [5.41, 5.74) is 2.37. The van der Waals surface area contributed by atoms with E-state index in [0.29, 0.717) is 10.6 Å². The number of halogens is 1. The van der Waals surface area contributed by atoms with Crippen molar-refractivity contribution in [1.82, 2.24) is 0 Å². The molecule has 0 radical (unpaired) electrons. The van der Waals surface area contributed by atoms with Gasteiger partial charge in [-0.15, -0.1) is 12.3 Å². The van der Waals surface area contributed by atoms with Crippen LogP contribution in [0.25, 0.3) is 6.08 Å². The Morgan fingerprint density at radius 2 is 2.29 bits per heavy atom. The van der Waals surface area contributed by atoms with Crippen molar-refractivity contribution in [2.45, 2.75) is 18.4 Å². The SMILES string of the molecule is C#CCC(O)C1C(Cl)=Cc2ccc(C#N)cc21. The maximum atomic E-state index is 9.98. The summed E-state index contributed by atoms with van der Waals surface area (Å²) < 4.78 is 0. The van der Waals surface area contributed by atoms with E-state index >= 15 is 0 Å². The number of nitrogens with zero attached hydrogens (tertiary/aromatic N) is 1. The molecule has 2 unspecified atom stereocenters. The smallest absolute Gasteiger partial charge is 0.0991 e. The molecule has 17 heavy (non-hydrogen) atoms. The molecule has 0 aromatic heterocycles. The van der Waals surface area contributed by atoms with Crippen LogP contribution < -0.4 is 0 Å². The van der Waals surface area contributed by atoms with Gasteiger partial charge in [-0.1, -0.05) is 17.7 Å². The summed E-state index contributed by atoms with van der Waals surface area (Å²) in [6.07, 6.45) is 6.53. The van der Waals surface area contributed by atoms with Crippen molar-refractivity contribution >= 4 is 17.7 Å². The summed E-state index contributed by atoms with van der Waals surface area (Å²) in [7, 11) is 0. The van der Waals surface area contributed by atoms with E-state index in [4.69, 9.17) is 23.3 Å².